The third kappa shape index (κ3) is 3.81. The molecule has 0 heterocycles. The molecule has 0 aliphatic carbocycles. The van der Waals surface area contributed by atoms with Crippen LogP contribution in [0.5, 0.6) is 0 Å². The quantitative estimate of drug-likeness (QED) is 0.576. The van der Waals surface area contributed by atoms with Gasteiger partial charge in [0.2, 0.25) is 0 Å². The first-order valence-corrected chi connectivity index (χ1v) is 5.40. The summed E-state index contributed by atoms with van der Waals surface area (Å²) in [5, 5.41) is 31.1. The SMILES string of the molecule is CNCCC(O)C(O)c1ccc(C(=O)O)cc1. The van der Waals surface area contributed by atoms with Crippen molar-refractivity contribution in [3.8, 4) is 0 Å². The first-order chi connectivity index (χ1) is 8.06. The molecule has 5 heteroatoms. The van der Waals surface area contributed by atoms with E-state index >= 15 is 0 Å². The minimum absolute atomic E-state index is 0.158. The molecule has 0 saturated carbocycles. The van der Waals surface area contributed by atoms with E-state index in [4.69, 9.17) is 5.11 Å². The standard InChI is InChI=1S/C12H17NO4/c1-13-7-6-10(14)11(15)8-2-4-9(5-3-8)12(16)17/h2-5,10-11,13-15H,6-7H2,1H3,(H,16,17). The maximum absolute atomic E-state index is 10.6. The van der Waals surface area contributed by atoms with E-state index in [-0.39, 0.29) is 5.56 Å². The highest BCUT2D eigenvalue weighted by atomic mass is 16.4. The summed E-state index contributed by atoms with van der Waals surface area (Å²) in [5.41, 5.74) is 0.671. The van der Waals surface area contributed by atoms with Crippen molar-refractivity contribution in [2.45, 2.75) is 18.6 Å². The van der Waals surface area contributed by atoms with Gasteiger partial charge in [0.05, 0.1) is 11.7 Å². The number of rotatable bonds is 6. The fraction of sp³-hybridized carbons (Fsp3) is 0.417. The number of aliphatic hydroxyl groups is 2. The zero-order valence-electron chi connectivity index (χ0n) is 9.63. The van der Waals surface area contributed by atoms with Crippen molar-refractivity contribution in [2.75, 3.05) is 13.6 Å². The molecular weight excluding hydrogens is 222 g/mol. The van der Waals surface area contributed by atoms with Crippen LogP contribution in [0.2, 0.25) is 0 Å². The molecule has 0 radical (unpaired) electrons. The summed E-state index contributed by atoms with van der Waals surface area (Å²) in [6, 6.07) is 5.84. The summed E-state index contributed by atoms with van der Waals surface area (Å²) >= 11 is 0. The van der Waals surface area contributed by atoms with E-state index in [1.54, 1.807) is 7.05 Å². The van der Waals surface area contributed by atoms with Gasteiger partial charge < -0.3 is 20.6 Å². The number of hydrogen-bond acceptors (Lipinski definition) is 4. The van der Waals surface area contributed by atoms with Gasteiger partial charge >= 0.3 is 5.97 Å². The van der Waals surface area contributed by atoms with E-state index in [1.165, 1.54) is 24.3 Å². The molecule has 1 rings (SSSR count). The van der Waals surface area contributed by atoms with Crippen LogP contribution < -0.4 is 5.32 Å². The van der Waals surface area contributed by atoms with E-state index in [0.29, 0.717) is 18.5 Å². The zero-order valence-corrected chi connectivity index (χ0v) is 9.63. The number of benzene rings is 1. The normalized spacial score (nSPS) is 14.3. The molecule has 0 saturated heterocycles. The zero-order chi connectivity index (χ0) is 12.8. The van der Waals surface area contributed by atoms with Gasteiger partial charge in [0.1, 0.15) is 6.10 Å². The highest BCUT2D eigenvalue weighted by molar-refractivity contribution is 5.87. The molecule has 1 aromatic rings. The lowest BCUT2D eigenvalue weighted by Crippen LogP contribution is -2.23. The predicted octanol–water partition coefficient (Wildman–Crippen LogP) is 0.389. The van der Waals surface area contributed by atoms with Crippen molar-refractivity contribution >= 4 is 5.97 Å². The Balaban J connectivity index is 2.68. The smallest absolute Gasteiger partial charge is 0.335 e. The molecular formula is C12H17NO4. The van der Waals surface area contributed by atoms with Gasteiger partial charge in [-0.25, -0.2) is 4.79 Å². The van der Waals surface area contributed by atoms with E-state index in [9.17, 15) is 15.0 Å². The van der Waals surface area contributed by atoms with Crippen LogP contribution in [0.1, 0.15) is 28.4 Å². The lowest BCUT2D eigenvalue weighted by molar-refractivity contribution is 0.0140. The van der Waals surface area contributed by atoms with Crippen LogP contribution in [0.15, 0.2) is 24.3 Å². The second-order valence-corrected chi connectivity index (χ2v) is 3.83. The number of carboxylic acids is 1. The molecule has 0 amide bonds. The summed E-state index contributed by atoms with van der Waals surface area (Å²) in [5.74, 6) is -1.01. The van der Waals surface area contributed by atoms with E-state index in [0.717, 1.165) is 0 Å². The Labute approximate surface area is 99.7 Å². The van der Waals surface area contributed by atoms with Crippen LogP contribution in [-0.4, -0.2) is 41.0 Å². The fourth-order valence-electron chi connectivity index (χ4n) is 1.50. The van der Waals surface area contributed by atoms with E-state index in [1.807, 2.05) is 0 Å². The second kappa shape index (κ2) is 6.34. The summed E-state index contributed by atoms with van der Waals surface area (Å²) in [7, 11) is 1.76. The highest BCUT2D eigenvalue weighted by Crippen LogP contribution is 2.19. The minimum Gasteiger partial charge on any atom is -0.478 e. The van der Waals surface area contributed by atoms with Gasteiger partial charge in [-0.15, -0.1) is 0 Å². The van der Waals surface area contributed by atoms with Gasteiger partial charge in [-0.1, -0.05) is 12.1 Å². The van der Waals surface area contributed by atoms with Crippen molar-refractivity contribution in [3.63, 3.8) is 0 Å². The van der Waals surface area contributed by atoms with Crippen LogP contribution in [0, 0.1) is 0 Å². The Morgan fingerprint density at radius 1 is 1.29 bits per heavy atom. The Hall–Kier alpha value is -1.43. The largest absolute Gasteiger partial charge is 0.478 e. The third-order valence-electron chi connectivity index (χ3n) is 2.55. The van der Waals surface area contributed by atoms with Crippen molar-refractivity contribution < 1.29 is 20.1 Å². The molecule has 0 aliphatic heterocycles. The average Bonchev–Trinajstić information content (AvgIpc) is 2.35. The Bertz CT molecular complexity index is 363. The van der Waals surface area contributed by atoms with Crippen molar-refractivity contribution in [3.05, 3.63) is 35.4 Å². The topological polar surface area (TPSA) is 89.8 Å². The summed E-state index contributed by atoms with van der Waals surface area (Å²) < 4.78 is 0. The molecule has 94 valence electrons. The Kier molecular flexibility index (Phi) is 5.09. The van der Waals surface area contributed by atoms with Crippen LogP contribution in [0.3, 0.4) is 0 Å². The van der Waals surface area contributed by atoms with Crippen LogP contribution in [0.4, 0.5) is 0 Å². The number of carboxylic acid groups (broad SMARTS) is 1. The predicted molar refractivity (Wildman–Crippen MR) is 62.9 cm³/mol. The first-order valence-electron chi connectivity index (χ1n) is 5.40. The summed E-state index contributed by atoms with van der Waals surface area (Å²) in [4.78, 5) is 10.6. The molecule has 5 nitrogen and oxygen atoms in total. The lowest BCUT2D eigenvalue weighted by Gasteiger charge is -2.18. The van der Waals surface area contributed by atoms with Gasteiger partial charge in [0, 0.05) is 0 Å². The second-order valence-electron chi connectivity index (χ2n) is 3.83. The summed E-state index contributed by atoms with van der Waals surface area (Å²) in [6.07, 6.45) is -1.43. The average molecular weight is 239 g/mol. The maximum Gasteiger partial charge on any atom is 0.335 e. The number of carbonyl (C=O) groups is 1. The molecule has 2 atom stereocenters. The van der Waals surface area contributed by atoms with Crippen LogP contribution in [0.25, 0.3) is 0 Å². The highest BCUT2D eigenvalue weighted by Gasteiger charge is 2.17. The van der Waals surface area contributed by atoms with Gasteiger partial charge in [-0.3, -0.25) is 0 Å². The Morgan fingerprint density at radius 2 is 1.88 bits per heavy atom. The molecule has 0 aliphatic rings. The number of aliphatic hydroxyl groups excluding tert-OH is 2. The lowest BCUT2D eigenvalue weighted by atomic mass is 10.0. The molecule has 0 fully saturated rings. The Morgan fingerprint density at radius 3 is 2.35 bits per heavy atom. The van der Waals surface area contributed by atoms with Gasteiger partial charge in [-0.05, 0) is 37.7 Å². The number of aromatic carboxylic acids is 1. The van der Waals surface area contributed by atoms with Crippen LogP contribution >= 0.6 is 0 Å². The van der Waals surface area contributed by atoms with Crippen molar-refractivity contribution in [1.82, 2.24) is 5.32 Å². The molecule has 0 aromatic heterocycles. The molecule has 0 bridgehead atoms. The fourth-order valence-corrected chi connectivity index (χ4v) is 1.50. The van der Waals surface area contributed by atoms with Gasteiger partial charge in [0.25, 0.3) is 0 Å². The van der Waals surface area contributed by atoms with Crippen molar-refractivity contribution in [2.24, 2.45) is 0 Å². The molecule has 2 unspecified atom stereocenters. The first kappa shape index (κ1) is 13.6. The van der Waals surface area contributed by atoms with Gasteiger partial charge in [-0.2, -0.15) is 0 Å². The summed E-state index contributed by atoms with van der Waals surface area (Å²) in [6.45, 7) is 0.603. The molecule has 0 spiro atoms. The third-order valence-corrected chi connectivity index (χ3v) is 2.55. The number of nitrogens with one attached hydrogen (secondary N) is 1. The molecule has 4 N–H and O–H groups in total. The van der Waals surface area contributed by atoms with E-state index in [2.05, 4.69) is 5.32 Å². The maximum atomic E-state index is 10.6. The van der Waals surface area contributed by atoms with Gasteiger partial charge in [0.15, 0.2) is 0 Å². The monoisotopic (exact) mass is 239 g/mol. The molecule has 1 aromatic carbocycles. The van der Waals surface area contributed by atoms with Crippen LogP contribution in [-0.2, 0) is 0 Å². The molecule has 17 heavy (non-hydrogen) atoms. The number of hydrogen-bond donors (Lipinski definition) is 4. The minimum atomic E-state index is -1.01. The van der Waals surface area contributed by atoms with Crippen molar-refractivity contribution in [1.29, 1.82) is 0 Å². The van der Waals surface area contributed by atoms with E-state index < -0.39 is 18.2 Å².